The lowest BCUT2D eigenvalue weighted by molar-refractivity contribution is 0.0322. The van der Waals surface area contributed by atoms with E-state index < -0.39 is 0 Å². The monoisotopic (exact) mass is 451 g/mol. The summed E-state index contributed by atoms with van der Waals surface area (Å²) in [6, 6.07) is 11.8. The molecule has 0 radical (unpaired) electrons. The minimum Gasteiger partial charge on any atom is -0.492 e. The standard InChI is InChI=1S/C24H29N5O4/c1-2-4-23-21(3-1)22(27-33-23)18-25-17-19-15-20(32-14-7-28-5-10-30-11-6-28)16-24(26-19)29-8-12-31-13-9-29/h1-4,15-16,18H,5-14,17H2. The van der Waals surface area contributed by atoms with Crippen LogP contribution < -0.4 is 9.64 Å². The Balaban J connectivity index is 1.28. The summed E-state index contributed by atoms with van der Waals surface area (Å²) in [6.07, 6.45) is 1.74. The Hall–Kier alpha value is -3.01. The normalized spacial score (nSPS) is 17.8. The molecule has 9 nitrogen and oxygen atoms in total. The van der Waals surface area contributed by atoms with E-state index >= 15 is 0 Å². The summed E-state index contributed by atoms with van der Waals surface area (Å²) in [4.78, 5) is 14.0. The smallest absolute Gasteiger partial charge is 0.167 e. The first kappa shape index (κ1) is 21.8. The van der Waals surface area contributed by atoms with Crippen LogP contribution in [0, 0.1) is 0 Å². The maximum Gasteiger partial charge on any atom is 0.167 e. The highest BCUT2D eigenvalue weighted by Crippen LogP contribution is 2.23. The third kappa shape index (κ3) is 5.68. The van der Waals surface area contributed by atoms with Gasteiger partial charge in [-0.2, -0.15) is 0 Å². The van der Waals surface area contributed by atoms with E-state index in [1.165, 1.54) is 0 Å². The van der Waals surface area contributed by atoms with E-state index in [1.54, 1.807) is 6.21 Å². The van der Waals surface area contributed by atoms with E-state index in [4.69, 9.17) is 23.7 Å². The number of nitrogens with zero attached hydrogens (tertiary/aromatic N) is 5. The maximum atomic E-state index is 6.13. The Kier molecular flexibility index (Phi) is 7.10. The lowest BCUT2D eigenvalue weighted by atomic mass is 10.2. The number of ether oxygens (including phenoxy) is 3. The first-order valence-electron chi connectivity index (χ1n) is 11.5. The predicted octanol–water partition coefficient (Wildman–Crippen LogP) is 2.39. The predicted molar refractivity (Wildman–Crippen MR) is 125 cm³/mol. The summed E-state index contributed by atoms with van der Waals surface area (Å²) < 4.78 is 22.4. The van der Waals surface area contributed by atoms with Crippen LogP contribution in [0.1, 0.15) is 11.4 Å². The van der Waals surface area contributed by atoms with Crippen molar-refractivity contribution in [3.63, 3.8) is 0 Å². The molecule has 1 aromatic carbocycles. The van der Waals surface area contributed by atoms with Gasteiger partial charge in [-0.3, -0.25) is 9.89 Å². The summed E-state index contributed by atoms with van der Waals surface area (Å²) in [5, 5.41) is 5.06. The molecule has 0 N–H and O–H groups in total. The fourth-order valence-corrected chi connectivity index (χ4v) is 4.01. The maximum absolute atomic E-state index is 6.13. The zero-order chi connectivity index (χ0) is 22.3. The average molecular weight is 452 g/mol. The van der Waals surface area contributed by atoms with Gasteiger partial charge in [-0.15, -0.1) is 0 Å². The number of anilines is 1. The van der Waals surface area contributed by atoms with Gasteiger partial charge in [0.25, 0.3) is 0 Å². The van der Waals surface area contributed by atoms with E-state index in [1.807, 2.05) is 36.4 Å². The molecule has 0 amide bonds. The van der Waals surface area contributed by atoms with Crippen molar-refractivity contribution in [2.45, 2.75) is 6.54 Å². The van der Waals surface area contributed by atoms with Gasteiger partial charge in [-0.1, -0.05) is 17.3 Å². The van der Waals surface area contributed by atoms with E-state index in [0.29, 0.717) is 26.4 Å². The van der Waals surface area contributed by atoms with Crippen molar-refractivity contribution >= 4 is 23.0 Å². The number of para-hydroxylation sites is 1. The van der Waals surface area contributed by atoms with E-state index in [-0.39, 0.29) is 0 Å². The van der Waals surface area contributed by atoms with Gasteiger partial charge in [0.1, 0.15) is 23.9 Å². The Labute approximate surface area is 192 Å². The third-order valence-electron chi connectivity index (χ3n) is 5.83. The Bertz CT molecular complexity index is 1070. The highest BCUT2D eigenvalue weighted by Gasteiger charge is 2.15. The number of aromatic nitrogens is 2. The van der Waals surface area contributed by atoms with Gasteiger partial charge in [0, 0.05) is 44.9 Å². The van der Waals surface area contributed by atoms with Gasteiger partial charge < -0.3 is 23.6 Å². The number of pyridine rings is 1. The van der Waals surface area contributed by atoms with Crippen molar-refractivity contribution in [1.29, 1.82) is 0 Å². The second-order valence-corrected chi connectivity index (χ2v) is 8.09. The molecule has 2 aromatic heterocycles. The largest absolute Gasteiger partial charge is 0.492 e. The SMILES string of the molecule is C(=NCc1cc(OCCN2CCOCC2)cc(N2CCOCC2)n1)c1noc2ccccc12. The first-order chi connectivity index (χ1) is 16.3. The van der Waals surface area contributed by atoms with Crippen LogP contribution in [0.15, 0.2) is 45.9 Å². The van der Waals surface area contributed by atoms with E-state index in [9.17, 15) is 0 Å². The third-order valence-corrected chi connectivity index (χ3v) is 5.83. The zero-order valence-electron chi connectivity index (χ0n) is 18.7. The fourth-order valence-electron chi connectivity index (χ4n) is 4.01. The van der Waals surface area contributed by atoms with Gasteiger partial charge in [0.05, 0.1) is 50.3 Å². The van der Waals surface area contributed by atoms with Crippen LogP contribution in [0.2, 0.25) is 0 Å². The Morgan fingerprint density at radius 3 is 2.64 bits per heavy atom. The average Bonchev–Trinajstić information content (AvgIpc) is 3.28. The number of rotatable bonds is 8. The quantitative estimate of drug-likeness (QED) is 0.483. The van der Waals surface area contributed by atoms with Crippen LogP contribution in [0.5, 0.6) is 5.75 Å². The van der Waals surface area contributed by atoms with Crippen LogP contribution in [-0.4, -0.2) is 87.0 Å². The molecule has 2 aliphatic heterocycles. The minimum absolute atomic E-state index is 0.430. The van der Waals surface area contributed by atoms with Crippen molar-refractivity contribution < 1.29 is 18.7 Å². The van der Waals surface area contributed by atoms with Crippen molar-refractivity contribution in [2.75, 3.05) is 70.7 Å². The topological polar surface area (TPSA) is 85.5 Å². The number of fused-ring (bicyclic) bond motifs is 1. The Morgan fingerprint density at radius 1 is 1.00 bits per heavy atom. The molecule has 0 unspecified atom stereocenters. The van der Waals surface area contributed by atoms with E-state index in [0.717, 1.165) is 79.9 Å². The van der Waals surface area contributed by atoms with Crippen molar-refractivity contribution in [2.24, 2.45) is 4.99 Å². The number of hydrogen-bond acceptors (Lipinski definition) is 9. The second-order valence-electron chi connectivity index (χ2n) is 8.09. The fraction of sp³-hybridized carbons (Fsp3) is 0.458. The van der Waals surface area contributed by atoms with Crippen molar-refractivity contribution in [1.82, 2.24) is 15.0 Å². The van der Waals surface area contributed by atoms with Crippen LogP contribution in [0.3, 0.4) is 0 Å². The van der Waals surface area contributed by atoms with Crippen LogP contribution >= 0.6 is 0 Å². The number of benzene rings is 1. The summed E-state index contributed by atoms with van der Waals surface area (Å²) in [5.74, 6) is 1.72. The molecule has 0 aliphatic carbocycles. The molecule has 2 fully saturated rings. The van der Waals surface area contributed by atoms with Crippen molar-refractivity contribution in [3.8, 4) is 5.75 Å². The van der Waals surface area contributed by atoms with Crippen LogP contribution in [0.4, 0.5) is 5.82 Å². The van der Waals surface area contributed by atoms with Crippen LogP contribution in [0.25, 0.3) is 11.0 Å². The molecule has 174 valence electrons. The van der Waals surface area contributed by atoms with Gasteiger partial charge in [-0.05, 0) is 12.1 Å². The molecular formula is C24H29N5O4. The summed E-state index contributed by atoms with van der Waals surface area (Å²) >= 11 is 0. The number of aliphatic imine (C=N–C) groups is 1. The van der Waals surface area contributed by atoms with Crippen molar-refractivity contribution in [3.05, 3.63) is 47.8 Å². The second kappa shape index (κ2) is 10.7. The lowest BCUT2D eigenvalue weighted by Crippen LogP contribution is -2.38. The van der Waals surface area contributed by atoms with Gasteiger partial charge in [0.15, 0.2) is 5.58 Å². The van der Waals surface area contributed by atoms with Crippen LogP contribution in [-0.2, 0) is 16.0 Å². The summed E-state index contributed by atoms with van der Waals surface area (Å²) in [6.45, 7) is 8.47. The lowest BCUT2D eigenvalue weighted by Gasteiger charge is -2.28. The highest BCUT2D eigenvalue weighted by atomic mass is 16.5. The molecule has 9 heteroatoms. The molecule has 0 spiro atoms. The molecule has 0 bridgehead atoms. The molecule has 5 rings (SSSR count). The first-order valence-corrected chi connectivity index (χ1v) is 11.5. The van der Waals surface area contributed by atoms with Gasteiger partial charge in [0.2, 0.25) is 0 Å². The van der Waals surface area contributed by atoms with E-state index in [2.05, 4.69) is 19.9 Å². The number of hydrogen-bond donors (Lipinski definition) is 0. The summed E-state index contributed by atoms with van der Waals surface area (Å²) in [5.41, 5.74) is 2.32. The molecule has 0 atom stereocenters. The molecule has 2 aliphatic rings. The minimum atomic E-state index is 0.430. The molecule has 2 saturated heterocycles. The molecule has 3 aromatic rings. The zero-order valence-corrected chi connectivity index (χ0v) is 18.7. The molecule has 33 heavy (non-hydrogen) atoms. The summed E-state index contributed by atoms with van der Waals surface area (Å²) in [7, 11) is 0. The van der Waals surface area contributed by atoms with Gasteiger partial charge >= 0.3 is 0 Å². The number of morpholine rings is 2. The highest BCUT2D eigenvalue weighted by molar-refractivity contribution is 5.95. The molecule has 0 saturated carbocycles. The van der Waals surface area contributed by atoms with Gasteiger partial charge in [-0.25, -0.2) is 4.98 Å². The molecular weight excluding hydrogens is 422 g/mol. The molecule has 4 heterocycles. The Morgan fingerprint density at radius 2 is 1.79 bits per heavy atom.